The number of nitrogens with zero attached hydrogens (tertiary/aromatic N) is 3. The molecule has 1 aromatic heterocycles. The summed E-state index contributed by atoms with van der Waals surface area (Å²) < 4.78 is 13.1. The molecule has 2 aromatic carbocycles. The van der Waals surface area contributed by atoms with Crippen LogP contribution in [0.1, 0.15) is 29.3 Å². The predicted octanol–water partition coefficient (Wildman–Crippen LogP) is 3.35. The molecular weight excluding hydrogens is 408 g/mol. The molecule has 1 N–H and O–H groups in total. The van der Waals surface area contributed by atoms with Gasteiger partial charge >= 0.3 is 0 Å². The molecular formula is C24H26N4O4. The van der Waals surface area contributed by atoms with E-state index in [1.165, 1.54) is 0 Å². The van der Waals surface area contributed by atoms with Crippen molar-refractivity contribution in [2.75, 3.05) is 25.1 Å². The molecule has 2 amide bonds. The molecule has 32 heavy (non-hydrogen) atoms. The Morgan fingerprint density at radius 3 is 2.75 bits per heavy atom. The van der Waals surface area contributed by atoms with Crippen LogP contribution in [0, 0.1) is 0 Å². The maximum absolute atomic E-state index is 13.1. The van der Waals surface area contributed by atoms with Crippen molar-refractivity contribution in [2.45, 2.75) is 26.4 Å². The van der Waals surface area contributed by atoms with Crippen LogP contribution in [-0.4, -0.2) is 46.0 Å². The highest BCUT2D eigenvalue weighted by Gasteiger charge is 2.18. The fraction of sp³-hybridized carbons (Fsp3) is 0.292. The number of aryl methyl sites for hydroxylation is 1. The molecule has 166 valence electrons. The van der Waals surface area contributed by atoms with Gasteiger partial charge in [-0.25, -0.2) is 4.98 Å². The summed E-state index contributed by atoms with van der Waals surface area (Å²) >= 11 is 0. The van der Waals surface area contributed by atoms with Crippen LogP contribution in [0.4, 0.5) is 5.69 Å². The summed E-state index contributed by atoms with van der Waals surface area (Å²) in [6, 6.07) is 12.8. The molecule has 8 nitrogen and oxygen atoms in total. The highest BCUT2D eigenvalue weighted by atomic mass is 16.6. The quantitative estimate of drug-likeness (QED) is 0.588. The van der Waals surface area contributed by atoms with Crippen LogP contribution < -0.4 is 14.8 Å². The number of hydrogen-bond donors (Lipinski definition) is 1. The van der Waals surface area contributed by atoms with Crippen molar-refractivity contribution in [1.29, 1.82) is 0 Å². The van der Waals surface area contributed by atoms with Crippen LogP contribution in [0.15, 0.2) is 61.2 Å². The lowest BCUT2D eigenvalue weighted by atomic mass is 10.1. The van der Waals surface area contributed by atoms with Gasteiger partial charge in [-0.15, -0.1) is 0 Å². The average molecular weight is 434 g/mol. The van der Waals surface area contributed by atoms with E-state index in [9.17, 15) is 9.59 Å². The van der Waals surface area contributed by atoms with Gasteiger partial charge in [0.1, 0.15) is 13.2 Å². The molecule has 0 atom stereocenters. The molecule has 3 aromatic rings. The largest absolute Gasteiger partial charge is 0.486 e. The fourth-order valence-electron chi connectivity index (χ4n) is 3.52. The van der Waals surface area contributed by atoms with E-state index in [0.29, 0.717) is 56.3 Å². The number of benzene rings is 2. The smallest absolute Gasteiger partial charge is 0.254 e. The summed E-state index contributed by atoms with van der Waals surface area (Å²) in [6.07, 6.45) is 5.48. The number of nitrogens with one attached hydrogen (secondary N) is 1. The van der Waals surface area contributed by atoms with Gasteiger partial charge in [0.15, 0.2) is 11.5 Å². The van der Waals surface area contributed by atoms with Gasteiger partial charge in [-0.05, 0) is 42.8 Å². The molecule has 0 bridgehead atoms. The summed E-state index contributed by atoms with van der Waals surface area (Å²) in [5, 5.41) is 2.87. The zero-order valence-electron chi connectivity index (χ0n) is 18.0. The predicted molar refractivity (Wildman–Crippen MR) is 120 cm³/mol. The zero-order chi connectivity index (χ0) is 22.3. The number of imidazole rings is 1. The van der Waals surface area contributed by atoms with Gasteiger partial charge in [-0.1, -0.05) is 12.1 Å². The Morgan fingerprint density at radius 1 is 1.12 bits per heavy atom. The third-order valence-corrected chi connectivity index (χ3v) is 5.20. The minimum Gasteiger partial charge on any atom is -0.486 e. The van der Waals surface area contributed by atoms with Crippen molar-refractivity contribution in [3.05, 3.63) is 72.3 Å². The van der Waals surface area contributed by atoms with E-state index in [4.69, 9.17) is 9.47 Å². The minimum absolute atomic E-state index is 0.100. The van der Waals surface area contributed by atoms with E-state index >= 15 is 0 Å². The van der Waals surface area contributed by atoms with Gasteiger partial charge in [0.2, 0.25) is 5.91 Å². The lowest BCUT2D eigenvalue weighted by molar-refractivity contribution is -0.116. The minimum atomic E-state index is -0.119. The van der Waals surface area contributed by atoms with E-state index in [0.717, 1.165) is 11.3 Å². The molecule has 0 aliphatic carbocycles. The number of carbonyl (C=O) groups is 2. The van der Waals surface area contributed by atoms with Crippen molar-refractivity contribution in [3.8, 4) is 11.5 Å². The first-order valence-electron chi connectivity index (χ1n) is 10.7. The molecule has 4 rings (SSSR count). The monoisotopic (exact) mass is 434 g/mol. The molecule has 1 aliphatic heterocycles. The van der Waals surface area contributed by atoms with E-state index in [1.54, 1.807) is 41.7 Å². The van der Waals surface area contributed by atoms with Crippen LogP contribution >= 0.6 is 0 Å². The molecule has 1 aliphatic rings. The van der Waals surface area contributed by atoms with E-state index in [-0.39, 0.29) is 11.8 Å². The second-order valence-corrected chi connectivity index (χ2v) is 7.48. The highest BCUT2D eigenvalue weighted by Crippen LogP contribution is 2.31. The molecule has 0 saturated heterocycles. The van der Waals surface area contributed by atoms with Gasteiger partial charge in [-0.3, -0.25) is 9.59 Å². The Bertz CT molecular complexity index is 1080. The Balaban J connectivity index is 1.39. The average Bonchev–Trinajstić information content (AvgIpc) is 3.35. The zero-order valence-corrected chi connectivity index (χ0v) is 18.0. The Morgan fingerprint density at radius 2 is 1.97 bits per heavy atom. The second kappa shape index (κ2) is 10.00. The molecule has 0 radical (unpaired) electrons. The van der Waals surface area contributed by atoms with E-state index in [2.05, 4.69) is 10.3 Å². The molecule has 0 fully saturated rings. The lowest BCUT2D eigenvalue weighted by Crippen LogP contribution is -2.30. The van der Waals surface area contributed by atoms with Crippen molar-refractivity contribution in [1.82, 2.24) is 14.5 Å². The van der Waals surface area contributed by atoms with Gasteiger partial charge in [-0.2, -0.15) is 0 Å². The van der Waals surface area contributed by atoms with Crippen molar-refractivity contribution in [3.63, 3.8) is 0 Å². The Kier molecular flexibility index (Phi) is 6.69. The first-order chi connectivity index (χ1) is 15.6. The van der Waals surface area contributed by atoms with Gasteiger partial charge in [0, 0.05) is 49.7 Å². The summed E-state index contributed by atoms with van der Waals surface area (Å²) in [5.41, 5.74) is 2.09. The first kappa shape index (κ1) is 21.4. The lowest BCUT2D eigenvalue weighted by Gasteiger charge is -2.23. The third-order valence-electron chi connectivity index (χ3n) is 5.20. The van der Waals surface area contributed by atoms with Crippen molar-refractivity contribution in [2.24, 2.45) is 0 Å². The molecule has 8 heteroatoms. The van der Waals surface area contributed by atoms with Crippen LogP contribution in [0.2, 0.25) is 0 Å². The van der Waals surface area contributed by atoms with Gasteiger partial charge in [0.05, 0.1) is 6.33 Å². The van der Waals surface area contributed by atoms with Crippen LogP contribution in [0.25, 0.3) is 0 Å². The number of carbonyl (C=O) groups excluding carboxylic acids is 2. The van der Waals surface area contributed by atoms with Crippen molar-refractivity contribution < 1.29 is 19.1 Å². The van der Waals surface area contributed by atoms with Crippen molar-refractivity contribution >= 4 is 17.5 Å². The standard InChI is InChI=1S/C24H26N4O4/c1-2-28(16-18-6-7-21-22(14-18)32-13-12-31-21)24(30)19-4-3-5-20(15-19)26-23(29)8-10-27-11-9-25-17-27/h3-7,9,11,14-15,17H,2,8,10,12-13,16H2,1H3,(H,26,29). The summed E-state index contributed by atoms with van der Waals surface area (Å²) in [5.74, 6) is 1.22. The topological polar surface area (TPSA) is 85.7 Å². The number of aromatic nitrogens is 2. The Labute approximate surface area is 186 Å². The van der Waals surface area contributed by atoms with E-state index < -0.39 is 0 Å². The number of fused-ring (bicyclic) bond motifs is 1. The number of anilines is 1. The first-order valence-corrected chi connectivity index (χ1v) is 10.7. The van der Waals surface area contributed by atoms with E-state index in [1.807, 2.05) is 35.9 Å². The van der Waals surface area contributed by atoms with Gasteiger partial charge in [0.25, 0.3) is 5.91 Å². The summed E-state index contributed by atoms with van der Waals surface area (Å²) in [4.78, 5) is 31.1. The molecule has 0 unspecified atom stereocenters. The normalized spacial score (nSPS) is 12.3. The maximum atomic E-state index is 13.1. The van der Waals surface area contributed by atoms with Crippen LogP contribution in [0.5, 0.6) is 11.5 Å². The molecule has 2 heterocycles. The fourth-order valence-corrected chi connectivity index (χ4v) is 3.52. The maximum Gasteiger partial charge on any atom is 0.254 e. The number of rotatable bonds is 8. The number of ether oxygens (including phenoxy) is 2. The molecule has 0 saturated carbocycles. The summed E-state index contributed by atoms with van der Waals surface area (Å²) in [7, 11) is 0. The SMILES string of the molecule is CCN(Cc1ccc2c(c1)OCCO2)C(=O)c1cccc(NC(=O)CCn2ccnc2)c1. The summed E-state index contributed by atoms with van der Waals surface area (Å²) in [6.45, 7) is 4.56. The second-order valence-electron chi connectivity index (χ2n) is 7.48. The molecule has 0 spiro atoms. The van der Waals surface area contributed by atoms with Gasteiger partial charge < -0.3 is 24.3 Å². The number of hydrogen-bond acceptors (Lipinski definition) is 5. The Hall–Kier alpha value is -3.81. The van der Waals surface area contributed by atoms with Crippen LogP contribution in [-0.2, 0) is 17.9 Å². The third kappa shape index (κ3) is 5.26. The highest BCUT2D eigenvalue weighted by molar-refractivity contribution is 5.97. The number of amides is 2. The van der Waals surface area contributed by atoms with Crippen LogP contribution in [0.3, 0.4) is 0 Å².